The number of hydrogen-bond donors (Lipinski definition) is 2. The van der Waals surface area contributed by atoms with E-state index in [-0.39, 0.29) is 29.3 Å². The average Bonchev–Trinajstić information content (AvgIpc) is 2.70. The molecule has 1 aromatic carbocycles. The van der Waals surface area contributed by atoms with E-state index >= 15 is 0 Å². The normalized spacial score (nSPS) is 14.7. The number of amides is 1. The Morgan fingerprint density at radius 3 is 2.28 bits per heavy atom. The van der Waals surface area contributed by atoms with E-state index in [1.54, 1.807) is 39.0 Å². The van der Waals surface area contributed by atoms with Crippen LogP contribution >= 0.6 is 0 Å². The summed E-state index contributed by atoms with van der Waals surface area (Å²) >= 11 is 0. The lowest BCUT2D eigenvalue weighted by atomic mass is 9.86. The van der Waals surface area contributed by atoms with Crippen LogP contribution < -0.4 is 11.1 Å². The summed E-state index contributed by atoms with van der Waals surface area (Å²) in [5.41, 5.74) is 7.90. The van der Waals surface area contributed by atoms with Gasteiger partial charge in [-0.2, -0.15) is 0 Å². The van der Waals surface area contributed by atoms with Crippen molar-refractivity contribution >= 4 is 11.9 Å². The van der Waals surface area contributed by atoms with Crippen LogP contribution in [0.3, 0.4) is 0 Å². The van der Waals surface area contributed by atoms with Crippen LogP contribution in [0, 0.1) is 11.2 Å². The largest absolute Gasteiger partial charge is 0.460 e. The van der Waals surface area contributed by atoms with Gasteiger partial charge in [-0.15, -0.1) is 0 Å². The van der Waals surface area contributed by atoms with Gasteiger partial charge in [-0.05, 0) is 62.3 Å². The van der Waals surface area contributed by atoms with Gasteiger partial charge in [-0.25, -0.2) is 9.18 Å². The van der Waals surface area contributed by atoms with Gasteiger partial charge in [0, 0.05) is 5.57 Å². The van der Waals surface area contributed by atoms with Crippen LogP contribution in [0.1, 0.15) is 66.0 Å². The second-order valence-corrected chi connectivity index (χ2v) is 9.36. The van der Waals surface area contributed by atoms with Crippen LogP contribution in [-0.2, 0) is 14.3 Å². The number of hydrogen-bond acceptors (Lipinski definition) is 4. The zero-order valence-electron chi connectivity index (χ0n) is 20.1. The number of carbonyl (C=O) groups is 2. The van der Waals surface area contributed by atoms with Gasteiger partial charge in [0.1, 0.15) is 11.9 Å². The lowest BCUT2D eigenvalue weighted by molar-refractivity contribution is -0.142. The summed E-state index contributed by atoms with van der Waals surface area (Å²) in [7, 11) is 0. The first kappa shape index (κ1) is 27.3. The van der Waals surface area contributed by atoms with Crippen molar-refractivity contribution < 1.29 is 18.7 Å². The fourth-order valence-corrected chi connectivity index (χ4v) is 2.91. The van der Waals surface area contributed by atoms with E-state index < -0.39 is 12.0 Å². The van der Waals surface area contributed by atoms with E-state index in [9.17, 15) is 14.0 Å². The molecule has 1 aromatic rings. The summed E-state index contributed by atoms with van der Waals surface area (Å²) < 4.78 is 18.4. The summed E-state index contributed by atoms with van der Waals surface area (Å²) in [5, 5.41) is 3.00. The summed E-state index contributed by atoms with van der Waals surface area (Å²) in [4.78, 5) is 24.9. The minimum atomic E-state index is -0.933. The molecule has 0 saturated heterocycles. The first-order valence-electron chi connectivity index (χ1n) is 10.9. The molecule has 0 radical (unpaired) electrons. The number of allylic oxidation sites excluding steroid dienone is 2. The Labute approximate surface area is 191 Å². The predicted molar refractivity (Wildman–Crippen MR) is 127 cm³/mol. The van der Waals surface area contributed by atoms with E-state index in [1.165, 1.54) is 24.3 Å². The molecule has 6 heteroatoms. The molecule has 0 aliphatic rings. The van der Waals surface area contributed by atoms with Crippen LogP contribution in [0.5, 0.6) is 0 Å². The Bertz CT molecular complexity index is 849. The predicted octanol–water partition coefficient (Wildman–Crippen LogP) is 5.15. The van der Waals surface area contributed by atoms with Gasteiger partial charge in [0.15, 0.2) is 0 Å². The third kappa shape index (κ3) is 9.60. The van der Waals surface area contributed by atoms with Crippen LogP contribution in [0.25, 0.3) is 0 Å². The first-order valence-corrected chi connectivity index (χ1v) is 10.9. The summed E-state index contributed by atoms with van der Waals surface area (Å²) in [5.74, 6) is -1.16. The highest BCUT2D eigenvalue weighted by Crippen LogP contribution is 2.24. The van der Waals surface area contributed by atoms with E-state index in [0.717, 1.165) is 12.0 Å². The monoisotopic (exact) mass is 444 g/mol. The van der Waals surface area contributed by atoms with E-state index in [0.29, 0.717) is 17.6 Å². The number of carbonyl (C=O) groups excluding carboxylic acids is 2. The van der Waals surface area contributed by atoms with Crippen LogP contribution in [0.15, 0.2) is 60.2 Å². The van der Waals surface area contributed by atoms with Crippen LogP contribution in [-0.4, -0.2) is 24.0 Å². The number of rotatable bonds is 10. The molecule has 0 spiro atoms. The maximum absolute atomic E-state index is 13.2. The van der Waals surface area contributed by atoms with Gasteiger partial charge in [0.2, 0.25) is 5.91 Å². The lowest BCUT2D eigenvalue weighted by Gasteiger charge is -2.26. The molecule has 0 fully saturated rings. The molecular weight excluding hydrogens is 407 g/mol. The van der Waals surface area contributed by atoms with Crippen molar-refractivity contribution in [1.82, 2.24) is 5.32 Å². The average molecular weight is 445 g/mol. The molecule has 0 aliphatic heterocycles. The molecule has 1 amide bonds. The van der Waals surface area contributed by atoms with Gasteiger partial charge in [-0.1, -0.05) is 57.7 Å². The molecule has 0 bridgehead atoms. The minimum absolute atomic E-state index is 0.0567. The van der Waals surface area contributed by atoms with Crippen molar-refractivity contribution in [2.45, 2.75) is 72.6 Å². The second kappa shape index (κ2) is 12.3. The van der Waals surface area contributed by atoms with Gasteiger partial charge < -0.3 is 15.8 Å². The van der Waals surface area contributed by atoms with Gasteiger partial charge >= 0.3 is 5.97 Å². The quantitative estimate of drug-likeness (QED) is 0.297. The van der Waals surface area contributed by atoms with Crippen molar-refractivity contribution in [2.75, 3.05) is 0 Å². The topological polar surface area (TPSA) is 81.4 Å². The fraction of sp³-hybridized carbons (Fsp3) is 0.462. The molecule has 0 saturated carbocycles. The summed E-state index contributed by atoms with van der Waals surface area (Å²) in [6.45, 7) is 15.5. The Kier molecular flexibility index (Phi) is 10.5. The fourth-order valence-electron chi connectivity index (χ4n) is 2.91. The molecule has 1 rings (SSSR count). The number of halogens is 1. The third-order valence-corrected chi connectivity index (χ3v) is 4.84. The Morgan fingerprint density at radius 2 is 1.78 bits per heavy atom. The molecule has 0 aliphatic carbocycles. The highest BCUT2D eigenvalue weighted by molar-refractivity contribution is 5.88. The van der Waals surface area contributed by atoms with Crippen molar-refractivity contribution in [3.05, 3.63) is 71.6 Å². The first-order chi connectivity index (χ1) is 14.8. The highest BCUT2D eigenvalue weighted by atomic mass is 19.1. The van der Waals surface area contributed by atoms with E-state index in [1.807, 2.05) is 0 Å². The maximum atomic E-state index is 13.2. The van der Waals surface area contributed by atoms with Crippen molar-refractivity contribution in [3.8, 4) is 0 Å². The Hall–Kier alpha value is -2.73. The zero-order valence-corrected chi connectivity index (χ0v) is 20.1. The van der Waals surface area contributed by atoms with E-state index in [2.05, 4.69) is 32.7 Å². The van der Waals surface area contributed by atoms with Gasteiger partial charge in [0.25, 0.3) is 0 Å². The Morgan fingerprint density at radius 1 is 1.19 bits per heavy atom. The number of ether oxygens (including phenoxy) is 1. The molecule has 2 atom stereocenters. The van der Waals surface area contributed by atoms with Gasteiger partial charge in [-0.3, -0.25) is 4.79 Å². The van der Waals surface area contributed by atoms with Crippen molar-refractivity contribution in [3.63, 3.8) is 0 Å². The highest BCUT2D eigenvalue weighted by Gasteiger charge is 2.23. The lowest BCUT2D eigenvalue weighted by Crippen LogP contribution is -2.42. The van der Waals surface area contributed by atoms with Crippen molar-refractivity contribution in [2.24, 2.45) is 11.1 Å². The molecule has 3 N–H and O–H groups in total. The Balaban J connectivity index is 3.11. The number of nitrogens with one attached hydrogen (secondary N) is 1. The molecule has 5 nitrogen and oxygen atoms in total. The maximum Gasteiger partial charge on any atom is 0.333 e. The molecule has 1 unspecified atom stereocenters. The SMILES string of the molecule is C=C/C(=C\C=C(/C)C(=O)OC(C)C)[C@@H](CCC(C)(C)C)NC(=O)C(N)c1ccc(F)cc1. The number of esters is 1. The molecule has 176 valence electrons. The molecule has 0 aromatic heterocycles. The standard InChI is InChI=1S/C26H37FN2O3/c1-8-19(10-9-18(4)25(31)32-17(2)3)22(15-16-26(5,6)7)29-24(30)23(28)20-11-13-21(27)14-12-20/h8-14,17,22-23H,1,15-16,28H2,2-7H3,(H,29,30)/b18-9+,19-10+/t22-,23?/m1/s1. The second-order valence-electron chi connectivity index (χ2n) is 9.36. The minimum Gasteiger partial charge on any atom is -0.460 e. The smallest absolute Gasteiger partial charge is 0.333 e. The van der Waals surface area contributed by atoms with Crippen LogP contribution in [0.4, 0.5) is 4.39 Å². The van der Waals surface area contributed by atoms with Crippen molar-refractivity contribution in [1.29, 1.82) is 0 Å². The number of benzene rings is 1. The van der Waals surface area contributed by atoms with Gasteiger partial charge in [0.05, 0.1) is 12.1 Å². The summed E-state index contributed by atoms with van der Waals surface area (Å²) in [6, 6.07) is 4.27. The van der Waals surface area contributed by atoms with Crippen LogP contribution in [0.2, 0.25) is 0 Å². The number of nitrogens with two attached hydrogens (primary N) is 1. The molecule has 32 heavy (non-hydrogen) atoms. The third-order valence-electron chi connectivity index (χ3n) is 4.84. The molecule has 0 heterocycles. The van der Waals surface area contributed by atoms with E-state index in [4.69, 9.17) is 10.5 Å². The molecular formula is C26H37FN2O3. The zero-order chi connectivity index (χ0) is 24.5. The summed E-state index contributed by atoms with van der Waals surface area (Å²) in [6.07, 6.45) is 6.38.